The van der Waals surface area contributed by atoms with Crippen LogP contribution in [0.2, 0.25) is 0 Å². The van der Waals surface area contributed by atoms with Crippen LogP contribution in [0, 0.1) is 22.7 Å². The summed E-state index contributed by atoms with van der Waals surface area (Å²) in [5.41, 5.74) is 0.609. The summed E-state index contributed by atoms with van der Waals surface area (Å²) >= 11 is 0. The molecule has 0 aliphatic carbocycles. The van der Waals surface area contributed by atoms with Crippen LogP contribution in [0.4, 0.5) is 13.2 Å². The number of nitrogens with zero attached hydrogens (tertiary/aromatic N) is 2. The van der Waals surface area contributed by atoms with Crippen molar-refractivity contribution in [2.75, 3.05) is 52.5 Å². The van der Waals surface area contributed by atoms with Crippen LogP contribution >= 0.6 is 0 Å². The standard InChI is InChI=1S/C23H43F3N2O/c1-19(2)21(4)7-11-27(12-8-21)15-17-29-16-6-20(3)22(5)9-13-28(14-10-22)18-23(24,25)26/h19-20H,6-18H2,1-5H3. The van der Waals surface area contributed by atoms with Gasteiger partial charge < -0.3 is 9.64 Å². The molecule has 0 aromatic heterocycles. The van der Waals surface area contributed by atoms with E-state index >= 15 is 0 Å². The normalized spacial score (nSPS) is 24.7. The van der Waals surface area contributed by atoms with Gasteiger partial charge >= 0.3 is 6.18 Å². The lowest BCUT2D eigenvalue weighted by molar-refractivity contribution is -0.151. The maximum atomic E-state index is 12.6. The molecule has 172 valence electrons. The topological polar surface area (TPSA) is 15.7 Å². The zero-order valence-corrected chi connectivity index (χ0v) is 19.3. The molecule has 6 heteroatoms. The second-order valence-electron chi connectivity index (χ2n) is 10.5. The predicted molar refractivity (Wildman–Crippen MR) is 113 cm³/mol. The summed E-state index contributed by atoms with van der Waals surface area (Å²) in [7, 11) is 0. The molecule has 1 unspecified atom stereocenters. The monoisotopic (exact) mass is 420 g/mol. The first-order chi connectivity index (χ1) is 13.4. The number of hydrogen-bond acceptors (Lipinski definition) is 3. The van der Waals surface area contributed by atoms with Crippen LogP contribution < -0.4 is 0 Å². The largest absolute Gasteiger partial charge is 0.401 e. The van der Waals surface area contributed by atoms with Crippen LogP contribution in [0.3, 0.4) is 0 Å². The van der Waals surface area contributed by atoms with Gasteiger partial charge in [-0.1, -0.05) is 34.6 Å². The Labute approximate surface area is 176 Å². The van der Waals surface area contributed by atoms with Crippen molar-refractivity contribution in [1.82, 2.24) is 9.80 Å². The van der Waals surface area contributed by atoms with Crippen molar-refractivity contribution < 1.29 is 17.9 Å². The summed E-state index contributed by atoms with van der Waals surface area (Å²) in [6.07, 6.45) is 1.12. The smallest absolute Gasteiger partial charge is 0.380 e. The Bertz CT molecular complexity index is 479. The molecule has 0 spiro atoms. The number of rotatable bonds is 9. The van der Waals surface area contributed by atoms with Gasteiger partial charge in [-0.05, 0) is 80.9 Å². The number of halogens is 3. The highest BCUT2D eigenvalue weighted by Crippen LogP contribution is 2.40. The molecule has 0 aromatic rings. The molecule has 0 saturated carbocycles. The minimum absolute atomic E-state index is 0.125. The van der Waals surface area contributed by atoms with Crippen molar-refractivity contribution in [3.05, 3.63) is 0 Å². The van der Waals surface area contributed by atoms with Crippen LogP contribution in [-0.4, -0.2) is 68.5 Å². The van der Waals surface area contributed by atoms with Gasteiger partial charge in [0.05, 0.1) is 13.2 Å². The molecule has 2 rings (SSSR count). The van der Waals surface area contributed by atoms with Gasteiger partial charge in [0, 0.05) is 13.2 Å². The average molecular weight is 421 g/mol. The Morgan fingerprint density at radius 3 is 1.86 bits per heavy atom. The molecular formula is C23H43F3N2O. The fourth-order valence-electron chi connectivity index (χ4n) is 4.74. The van der Waals surface area contributed by atoms with E-state index in [9.17, 15) is 13.2 Å². The van der Waals surface area contributed by atoms with E-state index in [1.807, 2.05) is 0 Å². The van der Waals surface area contributed by atoms with Crippen LogP contribution in [0.5, 0.6) is 0 Å². The SMILES string of the molecule is CC(C)C1(C)CCN(CCOCCC(C)C2(C)CCN(CC(F)(F)F)CC2)CC1. The second-order valence-corrected chi connectivity index (χ2v) is 10.5. The first-order valence-corrected chi connectivity index (χ1v) is 11.5. The van der Waals surface area contributed by atoms with Crippen LogP contribution in [-0.2, 0) is 4.74 Å². The Kier molecular flexibility index (Phi) is 8.87. The first-order valence-electron chi connectivity index (χ1n) is 11.5. The fraction of sp³-hybridized carbons (Fsp3) is 1.00. The lowest BCUT2D eigenvalue weighted by Crippen LogP contribution is -2.45. The van der Waals surface area contributed by atoms with E-state index in [-0.39, 0.29) is 5.41 Å². The maximum absolute atomic E-state index is 12.6. The molecule has 0 N–H and O–H groups in total. The van der Waals surface area contributed by atoms with Gasteiger partial charge in [0.1, 0.15) is 0 Å². The molecule has 0 amide bonds. The van der Waals surface area contributed by atoms with Gasteiger partial charge in [-0.2, -0.15) is 13.2 Å². The number of alkyl halides is 3. The number of hydrogen-bond donors (Lipinski definition) is 0. The maximum Gasteiger partial charge on any atom is 0.401 e. The molecule has 2 heterocycles. The Hall–Kier alpha value is -0.330. The molecule has 1 atom stereocenters. The molecule has 2 aliphatic rings. The number of ether oxygens (including phenoxy) is 1. The van der Waals surface area contributed by atoms with Gasteiger partial charge in [0.2, 0.25) is 0 Å². The van der Waals surface area contributed by atoms with Crippen molar-refractivity contribution in [2.24, 2.45) is 22.7 Å². The molecule has 29 heavy (non-hydrogen) atoms. The van der Waals surface area contributed by atoms with E-state index in [0.29, 0.717) is 24.4 Å². The Morgan fingerprint density at radius 2 is 1.34 bits per heavy atom. The minimum Gasteiger partial charge on any atom is -0.380 e. The third-order valence-corrected chi connectivity index (χ3v) is 8.23. The van der Waals surface area contributed by atoms with Gasteiger partial charge in [-0.3, -0.25) is 4.90 Å². The van der Waals surface area contributed by atoms with Gasteiger partial charge in [-0.25, -0.2) is 0 Å². The summed E-state index contributed by atoms with van der Waals surface area (Å²) in [6, 6.07) is 0. The van der Waals surface area contributed by atoms with Crippen LogP contribution in [0.15, 0.2) is 0 Å². The summed E-state index contributed by atoms with van der Waals surface area (Å²) in [5, 5.41) is 0. The van der Waals surface area contributed by atoms with Crippen molar-refractivity contribution in [3.63, 3.8) is 0 Å². The highest BCUT2D eigenvalue weighted by atomic mass is 19.4. The third-order valence-electron chi connectivity index (χ3n) is 8.23. The third kappa shape index (κ3) is 7.70. The molecule has 0 radical (unpaired) electrons. The summed E-state index contributed by atoms with van der Waals surface area (Å²) in [5.74, 6) is 1.21. The highest BCUT2D eigenvalue weighted by Gasteiger charge is 2.38. The lowest BCUT2D eigenvalue weighted by atomic mass is 9.70. The Morgan fingerprint density at radius 1 is 0.828 bits per heavy atom. The quantitative estimate of drug-likeness (QED) is 0.461. The zero-order valence-electron chi connectivity index (χ0n) is 19.3. The average Bonchev–Trinajstić information content (AvgIpc) is 2.63. The molecule has 0 aromatic carbocycles. The van der Waals surface area contributed by atoms with Gasteiger partial charge in [0.15, 0.2) is 0 Å². The predicted octanol–water partition coefficient (Wildman–Crippen LogP) is 5.45. The first kappa shape index (κ1) is 24.9. The van der Waals surface area contributed by atoms with Crippen LogP contribution in [0.25, 0.3) is 0 Å². The lowest BCUT2D eigenvalue weighted by Gasteiger charge is -2.43. The van der Waals surface area contributed by atoms with Gasteiger partial charge in [0.25, 0.3) is 0 Å². The van der Waals surface area contributed by atoms with E-state index in [4.69, 9.17) is 4.74 Å². The highest BCUT2D eigenvalue weighted by molar-refractivity contribution is 4.87. The molecule has 0 bridgehead atoms. The van der Waals surface area contributed by atoms with Crippen LogP contribution in [0.1, 0.15) is 66.7 Å². The second kappa shape index (κ2) is 10.3. The Balaban J connectivity index is 1.59. The molecule has 3 nitrogen and oxygen atoms in total. The van der Waals surface area contributed by atoms with Gasteiger partial charge in [-0.15, -0.1) is 0 Å². The van der Waals surface area contributed by atoms with Crippen molar-refractivity contribution in [3.8, 4) is 0 Å². The summed E-state index contributed by atoms with van der Waals surface area (Å²) < 4.78 is 43.7. The van der Waals surface area contributed by atoms with Crippen molar-refractivity contribution in [2.45, 2.75) is 72.9 Å². The zero-order chi connectivity index (χ0) is 21.7. The fourth-order valence-corrected chi connectivity index (χ4v) is 4.74. The van der Waals surface area contributed by atoms with Crippen molar-refractivity contribution in [1.29, 1.82) is 0 Å². The van der Waals surface area contributed by atoms with Crippen molar-refractivity contribution >= 4 is 0 Å². The number of likely N-dealkylation sites (tertiary alicyclic amines) is 2. The summed E-state index contributed by atoms with van der Waals surface area (Å²) in [6.45, 7) is 16.8. The number of piperidine rings is 2. The van der Waals surface area contributed by atoms with E-state index in [1.165, 1.54) is 25.9 Å². The molecular weight excluding hydrogens is 377 g/mol. The van der Waals surface area contributed by atoms with E-state index in [1.54, 1.807) is 4.90 Å². The molecule has 2 saturated heterocycles. The minimum atomic E-state index is -4.09. The molecule has 2 fully saturated rings. The molecule has 2 aliphatic heterocycles. The van der Waals surface area contributed by atoms with E-state index < -0.39 is 12.7 Å². The van der Waals surface area contributed by atoms with E-state index in [0.717, 1.165) is 44.9 Å². The van der Waals surface area contributed by atoms with E-state index in [2.05, 4.69) is 39.5 Å². The summed E-state index contributed by atoms with van der Waals surface area (Å²) in [4.78, 5) is 4.07.